The highest BCUT2D eigenvalue weighted by Crippen LogP contribution is 2.33. The Kier molecular flexibility index (Phi) is 7.54. The number of aromatic nitrogens is 2. The van der Waals surface area contributed by atoms with E-state index in [0.717, 1.165) is 55.9 Å². The van der Waals surface area contributed by atoms with E-state index in [4.69, 9.17) is 4.74 Å². The Morgan fingerprint density at radius 3 is 2.71 bits per heavy atom. The molecule has 9 heteroatoms. The summed E-state index contributed by atoms with van der Waals surface area (Å²) in [5.41, 5.74) is 1.79. The summed E-state index contributed by atoms with van der Waals surface area (Å²) in [5, 5.41) is 10.3. The second-order valence-corrected chi connectivity index (χ2v) is 8.44. The number of aryl methyl sites for hydroxylation is 1. The first-order valence-corrected chi connectivity index (χ1v) is 11.3. The maximum atomic E-state index is 14.0. The Morgan fingerprint density at radius 1 is 1.21 bits per heavy atom. The minimum absolute atomic E-state index is 0.232. The van der Waals surface area contributed by atoms with Crippen molar-refractivity contribution in [2.45, 2.75) is 18.9 Å². The zero-order valence-electron chi connectivity index (χ0n) is 19.4. The molecule has 180 valence electrons. The molecule has 0 unspecified atom stereocenters. The number of amides is 1. The quantitative estimate of drug-likeness (QED) is 0.527. The zero-order chi connectivity index (χ0) is 24.1. The van der Waals surface area contributed by atoms with Gasteiger partial charge in [-0.2, -0.15) is 5.10 Å². The highest BCUT2D eigenvalue weighted by atomic mass is 19.1. The molecule has 1 amide bonds. The molecule has 0 radical (unpaired) electrons. The van der Waals surface area contributed by atoms with Gasteiger partial charge in [0.25, 0.3) is 5.91 Å². The van der Waals surface area contributed by atoms with Crippen LogP contribution >= 0.6 is 0 Å². The maximum absolute atomic E-state index is 14.0. The van der Waals surface area contributed by atoms with Gasteiger partial charge in [-0.05, 0) is 69.4 Å². The number of nitrogens with zero attached hydrogens (tertiary/aromatic N) is 3. The fourth-order valence-electron chi connectivity index (χ4n) is 4.17. The Hall–Kier alpha value is -3.30. The van der Waals surface area contributed by atoms with Gasteiger partial charge in [0.15, 0.2) is 0 Å². The Balaban J connectivity index is 1.49. The normalized spacial score (nSPS) is 14.4. The third kappa shape index (κ3) is 5.60. The fourth-order valence-corrected chi connectivity index (χ4v) is 4.17. The number of nitrogens with one attached hydrogen (secondary N) is 2. The molecule has 0 aliphatic carbocycles. The standard InChI is InChI=1S/C25H29F2N5O2/c1-31(19-7-10-28-11-8-19)13-14-34-24-6-4-18(16-21(24)23-9-12-29-32(23)2)30-25(33)20-5-3-17(26)15-22(20)27/h3-6,9,12,15-16,19,28H,7-8,10-11,13-14H2,1-2H3,(H,30,33). The Morgan fingerprint density at radius 2 is 2.00 bits per heavy atom. The molecule has 0 saturated carbocycles. The second kappa shape index (κ2) is 10.8. The van der Waals surface area contributed by atoms with Crippen LogP contribution in [0.4, 0.5) is 14.5 Å². The van der Waals surface area contributed by atoms with Crippen molar-refractivity contribution in [1.29, 1.82) is 0 Å². The van der Waals surface area contributed by atoms with E-state index in [-0.39, 0.29) is 5.56 Å². The van der Waals surface area contributed by atoms with Crippen LogP contribution in [0.25, 0.3) is 11.3 Å². The molecular weight excluding hydrogens is 440 g/mol. The molecule has 0 atom stereocenters. The van der Waals surface area contributed by atoms with Crippen molar-refractivity contribution in [3.8, 4) is 17.0 Å². The summed E-state index contributed by atoms with van der Waals surface area (Å²) in [6.07, 6.45) is 3.93. The van der Waals surface area contributed by atoms with Gasteiger partial charge in [0, 0.05) is 43.1 Å². The average molecular weight is 470 g/mol. The van der Waals surface area contributed by atoms with Crippen LogP contribution in [-0.2, 0) is 7.05 Å². The number of ether oxygens (including phenoxy) is 1. The number of anilines is 1. The van der Waals surface area contributed by atoms with Crippen LogP contribution in [0.5, 0.6) is 5.75 Å². The molecule has 1 aliphatic heterocycles. The lowest BCUT2D eigenvalue weighted by Gasteiger charge is -2.31. The zero-order valence-corrected chi connectivity index (χ0v) is 19.4. The monoisotopic (exact) mass is 469 g/mol. The molecule has 1 saturated heterocycles. The van der Waals surface area contributed by atoms with Crippen molar-refractivity contribution in [2.75, 3.05) is 38.6 Å². The number of carbonyl (C=O) groups excluding carboxylic acids is 1. The number of halogens is 2. The molecule has 7 nitrogen and oxygen atoms in total. The van der Waals surface area contributed by atoms with Crippen molar-refractivity contribution in [1.82, 2.24) is 20.0 Å². The number of hydrogen-bond acceptors (Lipinski definition) is 5. The van der Waals surface area contributed by atoms with Crippen LogP contribution < -0.4 is 15.4 Å². The van der Waals surface area contributed by atoms with Gasteiger partial charge in [0.05, 0.1) is 11.3 Å². The minimum atomic E-state index is -0.915. The third-order valence-electron chi connectivity index (χ3n) is 6.14. The molecule has 3 aromatic rings. The fraction of sp³-hybridized carbons (Fsp3) is 0.360. The average Bonchev–Trinajstić information content (AvgIpc) is 3.25. The van der Waals surface area contributed by atoms with E-state index >= 15 is 0 Å². The molecule has 0 bridgehead atoms. The molecule has 4 rings (SSSR count). The lowest BCUT2D eigenvalue weighted by Crippen LogP contribution is -2.42. The van der Waals surface area contributed by atoms with Crippen LogP contribution in [-0.4, -0.2) is 59.9 Å². The summed E-state index contributed by atoms with van der Waals surface area (Å²) in [5.74, 6) is -1.65. The van der Waals surface area contributed by atoms with Crippen LogP contribution in [0.15, 0.2) is 48.7 Å². The summed E-state index contributed by atoms with van der Waals surface area (Å²) >= 11 is 0. The van der Waals surface area contributed by atoms with E-state index in [1.807, 2.05) is 13.1 Å². The first-order valence-electron chi connectivity index (χ1n) is 11.3. The largest absolute Gasteiger partial charge is 0.492 e. The van der Waals surface area contributed by atoms with Gasteiger partial charge in [0.1, 0.15) is 24.0 Å². The van der Waals surface area contributed by atoms with E-state index in [2.05, 4.69) is 27.7 Å². The van der Waals surface area contributed by atoms with Crippen molar-refractivity contribution < 1.29 is 18.3 Å². The number of benzene rings is 2. The van der Waals surface area contributed by atoms with E-state index in [0.29, 0.717) is 30.2 Å². The SMILES string of the molecule is CN(CCOc1ccc(NC(=O)c2ccc(F)cc2F)cc1-c1ccnn1C)C1CCNCC1. The van der Waals surface area contributed by atoms with Crippen molar-refractivity contribution >= 4 is 11.6 Å². The second-order valence-electron chi connectivity index (χ2n) is 8.44. The summed E-state index contributed by atoms with van der Waals surface area (Å²) in [7, 11) is 3.94. The maximum Gasteiger partial charge on any atom is 0.258 e. The number of hydrogen-bond donors (Lipinski definition) is 2. The third-order valence-corrected chi connectivity index (χ3v) is 6.14. The summed E-state index contributed by atoms with van der Waals surface area (Å²) in [6.45, 7) is 3.38. The Bertz CT molecular complexity index is 1140. The van der Waals surface area contributed by atoms with Gasteiger partial charge in [-0.25, -0.2) is 8.78 Å². The summed E-state index contributed by atoms with van der Waals surface area (Å²) < 4.78 is 35.1. The lowest BCUT2D eigenvalue weighted by atomic mass is 10.1. The van der Waals surface area contributed by atoms with Gasteiger partial charge in [-0.1, -0.05) is 0 Å². The predicted molar refractivity (Wildman–Crippen MR) is 127 cm³/mol. The molecule has 2 aromatic carbocycles. The summed E-state index contributed by atoms with van der Waals surface area (Å²) in [6, 6.07) is 10.5. The lowest BCUT2D eigenvalue weighted by molar-refractivity contribution is 0.102. The number of carbonyl (C=O) groups is 1. The molecule has 1 aliphatic rings. The van der Waals surface area contributed by atoms with Crippen molar-refractivity contribution in [3.05, 3.63) is 65.9 Å². The first-order chi connectivity index (χ1) is 16.4. The van der Waals surface area contributed by atoms with Crippen molar-refractivity contribution in [3.63, 3.8) is 0 Å². The predicted octanol–water partition coefficient (Wildman–Crippen LogP) is 3.68. The van der Waals surface area contributed by atoms with Crippen LogP contribution in [0.1, 0.15) is 23.2 Å². The number of rotatable bonds is 8. The van der Waals surface area contributed by atoms with Gasteiger partial charge in [-0.15, -0.1) is 0 Å². The van der Waals surface area contributed by atoms with Crippen LogP contribution in [0.2, 0.25) is 0 Å². The highest BCUT2D eigenvalue weighted by molar-refractivity contribution is 6.04. The number of likely N-dealkylation sites (N-methyl/N-ethyl adjacent to an activating group) is 1. The van der Waals surface area contributed by atoms with Crippen LogP contribution in [0, 0.1) is 11.6 Å². The molecule has 34 heavy (non-hydrogen) atoms. The molecule has 0 spiro atoms. The molecule has 1 aromatic heterocycles. The van der Waals surface area contributed by atoms with Crippen LogP contribution in [0.3, 0.4) is 0 Å². The summed E-state index contributed by atoms with van der Waals surface area (Å²) in [4.78, 5) is 14.9. The number of piperidine rings is 1. The van der Waals surface area contributed by atoms with E-state index in [1.54, 1.807) is 29.1 Å². The topological polar surface area (TPSA) is 71.4 Å². The molecular formula is C25H29F2N5O2. The molecule has 2 N–H and O–H groups in total. The highest BCUT2D eigenvalue weighted by Gasteiger charge is 2.19. The van der Waals surface area contributed by atoms with Crippen molar-refractivity contribution in [2.24, 2.45) is 7.05 Å². The van der Waals surface area contributed by atoms with Gasteiger partial charge < -0.3 is 15.4 Å². The van der Waals surface area contributed by atoms with Gasteiger partial charge >= 0.3 is 0 Å². The smallest absolute Gasteiger partial charge is 0.258 e. The van der Waals surface area contributed by atoms with E-state index in [1.165, 1.54) is 0 Å². The molecule has 1 fully saturated rings. The first kappa shape index (κ1) is 23.8. The van der Waals surface area contributed by atoms with Gasteiger partial charge in [0.2, 0.25) is 0 Å². The molecule has 2 heterocycles. The van der Waals surface area contributed by atoms with E-state index < -0.39 is 17.5 Å². The Labute approximate surface area is 197 Å². The van der Waals surface area contributed by atoms with Gasteiger partial charge in [-0.3, -0.25) is 14.4 Å². The minimum Gasteiger partial charge on any atom is -0.492 e. The van der Waals surface area contributed by atoms with E-state index in [9.17, 15) is 13.6 Å².